The Balaban J connectivity index is 1.38. The summed E-state index contributed by atoms with van der Waals surface area (Å²) in [6.07, 6.45) is 12.8. The van der Waals surface area contributed by atoms with Gasteiger partial charge < -0.3 is 14.4 Å². The lowest BCUT2D eigenvalue weighted by molar-refractivity contribution is -0.149. The maximum Gasteiger partial charge on any atom is 0.302 e. The summed E-state index contributed by atoms with van der Waals surface area (Å²) in [5.41, 5.74) is 1.59. The number of hydrogen-bond acceptors (Lipinski definition) is 10. The zero-order chi connectivity index (χ0) is 37.3. The highest BCUT2D eigenvalue weighted by Crippen LogP contribution is 2.45. The number of nitrogens with two attached hydrogens (primary N) is 1. The van der Waals surface area contributed by atoms with E-state index in [4.69, 9.17) is 14.6 Å². The molecule has 280 valence electrons. The monoisotopic (exact) mass is 762 g/mol. The number of unbranched alkanes of at least 4 members (excludes halogenated alkanes) is 2. The number of hydrogen-bond donors (Lipinski definition) is 1. The Hall–Kier alpha value is -3.33. The molecule has 2 aromatic rings. The summed E-state index contributed by atoms with van der Waals surface area (Å²) in [7, 11) is -7.86. The van der Waals surface area contributed by atoms with Gasteiger partial charge in [-0.25, -0.2) is 22.0 Å². The topological polar surface area (TPSA) is 167 Å². The van der Waals surface area contributed by atoms with Crippen LogP contribution in [-0.4, -0.2) is 63.6 Å². The van der Waals surface area contributed by atoms with Crippen molar-refractivity contribution < 1.29 is 40.7 Å². The largest absolute Gasteiger partial charge is 0.462 e. The van der Waals surface area contributed by atoms with Gasteiger partial charge in [-0.15, -0.1) is 11.3 Å². The maximum atomic E-state index is 13.5. The molecule has 2 heterocycles. The summed E-state index contributed by atoms with van der Waals surface area (Å²) in [6, 6.07) is 11.0. The molecule has 14 heteroatoms. The number of amides is 1. The van der Waals surface area contributed by atoms with Crippen molar-refractivity contribution in [2.75, 3.05) is 6.54 Å². The number of aryl methyl sites for hydroxylation is 1. The molecule has 0 saturated heterocycles. The van der Waals surface area contributed by atoms with Crippen LogP contribution in [0.3, 0.4) is 0 Å². The van der Waals surface area contributed by atoms with Crippen LogP contribution in [0.2, 0.25) is 0 Å². The molecule has 0 bridgehead atoms. The number of sulfonamides is 1. The molecular formula is C37H50N2O9S3. The summed E-state index contributed by atoms with van der Waals surface area (Å²) in [5.74, 6) is -1.14. The average Bonchev–Trinajstić information content (AvgIpc) is 3.65. The number of primary sulfonamides is 1. The Morgan fingerprint density at radius 1 is 0.980 bits per heavy atom. The zero-order valence-corrected chi connectivity index (χ0v) is 32.2. The Bertz CT molecular complexity index is 1800. The van der Waals surface area contributed by atoms with Crippen LogP contribution in [0, 0.1) is 11.8 Å². The number of allylic oxidation sites excluding steroid dienone is 3. The van der Waals surface area contributed by atoms with Crippen molar-refractivity contribution in [2.24, 2.45) is 17.0 Å². The number of carbonyl (C=O) groups excluding carboxylic acids is 3. The fraction of sp³-hybridized carbons (Fsp3) is 0.541. The van der Waals surface area contributed by atoms with E-state index in [0.29, 0.717) is 49.1 Å². The summed E-state index contributed by atoms with van der Waals surface area (Å²) in [4.78, 5) is 39.0. The summed E-state index contributed by atoms with van der Waals surface area (Å²) in [6.45, 7) is 6.48. The molecule has 1 aromatic heterocycles. The number of esters is 2. The first-order valence-electron chi connectivity index (χ1n) is 17.5. The van der Waals surface area contributed by atoms with Crippen molar-refractivity contribution in [2.45, 2.75) is 117 Å². The van der Waals surface area contributed by atoms with Gasteiger partial charge in [0.2, 0.25) is 15.9 Å². The van der Waals surface area contributed by atoms with E-state index in [2.05, 4.69) is 24.3 Å². The number of ether oxygens (including phenoxy) is 2. The zero-order valence-electron chi connectivity index (χ0n) is 29.7. The van der Waals surface area contributed by atoms with Crippen molar-refractivity contribution in [3.05, 3.63) is 71.8 Å². The Labute approximate surface area is 306 Å². The first kappa shape index (κ1) is 40.4. The minimum Gasteiger partial charge on any atom is -0.462 e. The molecule has 0 unspecified atom stereocenters. The second-order valence-electron chi connectivity index (χ2n) is 13.3. The van der Waals surface area contributed by atoms with Gasteiger partial charge in [-0.05, 0) is 70.4 Å². The molecule has 2 aliphatic rings. The van der Waals surface area contributed by atoms with Crippen molar-refractivity contribution in [3.8, 4) is 0 Å². The number of benzene rings is 1. The van der Waals surface area contributed by atoms with Crippen LogP contribution in [-0.2, 0) is 50.1 Å². The third kappa shape index (κ3) is 10.6. The molecule has 1 aliphatic heterocycles. The highest BCUT2D eigenvalue weighted by atomic mass is 32.3. The Morgan fingerprint density at radius 2 is 1.65 bits per heavy atom. The van der Waals surface area contributed by atoms with Gasteiger partial charge >= 0.3 is 11.9 Å². The van der Waals surface area contributed by atoms with Crippen molar-refractivity contribution in [1.29, 1.82) is 0 Å². The fourth-order valence-corrected chi connectivity index (χ4v) is 11.5. The molecule has 0 spiro atoms. The molecule has 0 radical (unpaired) electrons. The maximum absolute atomic E-state index is 13.5. The van der Waals surface area contributed by atoms with Crippen molar-refractivity contribution in [3.63, 3.8) is 0 Å². The number of thiophene rings is 1. The average molecular weight is 763 g/mol. The van der Waals surface area contributed by atoms with Gasteiger partial charge in [-0.2, -0.15) is 0 Å². The van der Waals surface area contributed by atoms with Crippen molar-refractivity contribution >= 4 is 49.0 Å². The number of rotatable bonds is 16. The number of fused-ring (bicyclic) bond motifs is 1. The molecule has 6 atom stereocenters. The first-order valence-corrected chi connectivity index (χ1v) is 21.4. The summed E-state index contributed by atoms with van der Waals surface area (Å²) in [5, 5.41) is 4.53. The van der Waals surface area contributed by atoms with Crippen LogP contribution in [0.4, 0.5) is 0 Å². The molecule has 1 aromatic carbocycles. The van der Waals surface area contributed by atoms with E-state index in [9.17, 15) is 31.2 Å². The summed E-state index contributed by atoms with van der Waals surface area (Å²) >= 11 is 0.641. The second kappa shape index (κ2) is 17.9. The fourth-order valence-electron chi connectivity index (χ4n) is 7.13. The molecule has 4 rings (SSSR count). The molecular weight excluding hydrogens is 713 g/mol. The van der Waals surface area contributed by atoms with Crippen LogP contribution >= 0.6 is 11.3 Å². The van der Waals surface area contributed by atoms with E-state index in [-0.39, 0.29) is 50.9 Å². The molecule has 1 saturated carbocycles. The quantitative estimate of drug-likeness (QED) is 0.122. The Kier molecular flexibility index (Phi) is 14.2. The molecule has 51 heavy (non-hydrogen) atoms. The van der Waals surface area contributed by atoms with Crippen LogP contribution in [0.15, 0.2) is 69.1 Å². The van der Waals surface area contributed by atoms with E-state index in [1.165, 1.54) is 25.5 Å². The van der Waals surface area contributed by atoms with Gasteiger partial charge in [-0.3, -0.25) is 14.4 Å². The summed E-state index contributed by atoms with van der Waals surface area (Å²) < 4.78 is 61.3. The highest BCUT2D eigenvalue weighted by molar-refractivity contribution is 7.95. The van der Waals surface area contributed by atoms with Crippen LogP contribution < -0.4 is 5.14 Å². The lowest BCUT2D eigenvalue weighted by atomic mass is 9.89. The molecule has 1 aliphatic carbocycles. The predicted octanol–water partition coefficient (Wildman–Crippen LogP) is 6.05. The van der Waals surface area contributed by atoms with Gasteiger partial charge in [0.1, 0.15) is 20.6 Å². The third-order valence-electron chi connectivity index (χ3n) is 9.60. The standard InChI is InChI=1S/C37H50N2O9S3/c1-5-39(32-22-25(2)50(43,44)37-31(32)23-36(49-37)51(38,45)46)35(42)21-15-7-6-13-19-29-30(20-14-9-12-18-28-16-10-8-11-17-28)34(48-27(4)41)24-33(29)47-26(3)40/h6,8,10-11,13-14,16-17,20,23,25,29-30,32-34H,5,7,9,12,15,18-19,21-22,24H2,1-4H3,(H2,38,45,46)/b13-6-,20-14+/t25-,29+,30+,32-,33-,34+/m0/s1. The lowest BCUT2D eigenvalue weighted by Gasteiger charge is -2.36. The highest BCUT2D eigenvalue weighted by Gasteiger charge is 2.45. The molecule has 1 fully saturated rings. The number of carbonyl (C=O) groups is 3. The smallest absolute Gasteiger partial charge is 0.302 e. The van der Waals surface area contributed by atoms with E-state index >= 15 is 0 Å². The van der Waals surface area contributed by atoms with Crippen molar-refractivity contribution in [1.82, 2.24) is 4.90 Å². The van der Waals surface area contributed by atoms with Gasteiger partial charge in [-0.1, -0.05) is 54.6 Å². The van der Waals surface area contributed by atoms with E-state index in [1.807, 2.05) is 37.3 Å². The van der Waals surface area contributed by atoms with Gasteiger partial charge in [0.25, 0.3) is 0 Å². The number of sulfone groups is 1. The Morgan fingerprint density at radius 3 is 2.29 bits per heavy atom. The van der Waals surface area contributed by atoms with E-state index in [1.54, 1.807) is 11.8 Å². The van der Waals surface area contributed by atoms with E-state index < -0.39 is 43.4 Å². The third-order valence-corrected chi connectivity index (χ3v) is 14.9. The predicted molar refractivity (Wildman–Crippen MR) is 196 cm³/mol. The lowest BCUT2D eigenvalue weighted by Crippen LogP contribution is -2.40. The minimum absolute atomic E-state index is 0.0419. The van der Waals surface area contributed by atoms with Gasteiger partial charge in [0, 0.05) is 50.6 Å². The SMILES string of the molecule is CCN(C(=O)CCC/C=C\C[C@@H]1[C@@H](/C=C/CCCc2ccccc2)[C@H](OC(C)=O)C[C@@H]1OC(C)=O)[C@H]1C[C@H](C)S(=O)(=O)c2sc(S(N)(=O)=O)cc21. The second-order valence-corrected chi connectivity index (χ2v) is 18.7. The molecule has 1 amide bonds. The molecule has 11 nitrogen and oxygen atoms in total. The van der Waals surface area contributed by atoms with Gasteiger partial charge in [0.05, 0.1) is 11.3 Å². The van der Waals surface area contributed by atoms with Crippen LogP contribution in [0.1, 0.15) is 96.2 Å². The van der Waals surface area contributed by atoms with E-state index in [0.717, 1.165) is 19.3 Å². The minimum atomic E-state index is -4.12. The van der Waals surface area contributed by atoms with Gasteiger partial charge in [0.15, 0.2) is 9.84 Å². The number of nitrogens with zero attached hydrogens (tertiary/aromatic N) is 1. The van der Waals surface area contributed by atoms with Crippen LogP contribution in [0.5, 0.6) is 0 Å². The molecule has 2 N–H and O–H groups in total. The normalized spacial score (nSPS) is 24.4. The first-order chi connectivity index (χ1) is 24.1. The van der Waals surface area contributed by atoms with Crippen LogP contribution in [0.25, 0.3) is 0 Å².